The van der Waals surface area contributed by atoms with Crippen LogP contribution in [0.2, 0.25) is 0 Å². The van der Waals surface area contributed by atoms with Crippen molar-refractivity contribution in [3.05, 3.63) is 29.8 Å². The van der Waals surface area contributed by atoms with Crippen molar-refractivity contribution in [3.8, 4) is 0 Å². The molecule has 168 valence electrons. The fourth-order valence-electron chi connectivity index (χ4n) is 4.68. The van der Waals surface area contributed by atoms with Gasteiger partial charge in [-0.25, -0.2) is 0 Å². The van der Waals surface area contributed by atoms with Gasteiger partial charge in [-0.2, -0.15) is 0 Å². The van der Waals surface area contributed by atoms with Gasteiger partial charge in [-0.1, -0.05) is 32.0 Å². The summed E-state index contributed by atoms with van der Waals surface area (Å²) in [5.74, 6) is 0.542. The number of hydrogen-bond donors (Lipinski definition) is 4. The van der Waals surface area contributed by atoms with Crippen LogP contribution in [0.4, 0.5) is 5.69 Å². The molecule has 3 heterocycles. The van der Waals surface area contributed by atoms with Gasteiger partial charge in [-0.3, -0.25) is 9.59 Å². The van der Waals surface area contributed by atoms with E-state index in [-0.39, 0.29) is 23.8 Å². The summed E-state index contributed by atoms with van der Waals surface area (Å²) in [7, 11) is 1.50. The molecule has 5 N–H and O–H groups in total. The highest BCUT2D eigenvalue weighted by Crippen LogP contribution is 2.40. The SMILES string of the molecule is CC.CCNC(=O)C1CCCN(C(=O)C2CC3c4ccccc4NC3CN2)C1.CN. The van der Waals surface area contributed by atoms with E-state index in [1.165, 1.54) is 18.3 Å². The molecule has 30 heavy (non-hydrogen) atoms. The molecule has 1 aromatic carbocycles. The van der Waals surface area contributed by atoms with E-state index in [1.54, 1.807) is 0 Å². The van der Waals surface area contributed by atoms with Crippen LogP contribution in [0.5, 0.6) is 0 Å². The van der Waals surface area contributed by atoms with Crippen molar-refractivity contribution in [3.63, 3.8) is 0 Å². The Labute approximate surface area is 181 Å². The molecule has 2 amide bonds. The van der Waals surface area contributed by atoms with Crippen molar-refractivity contribution in [1.82, 2.24) is 15.5 Å². The lowest BCUT2D eigenvalue weighted by molar-refractivity contribution is -0.138. The number of hydrogen-bond acceptors (Lipinski definition) is 5. The Morgan fingerprint density at radius 2 is 1.97 bits per heavy atom. The Morgan fingerprint density at radius 3 is 2.70 bits per heavy atom. The molecule has 3 aliphatic rings. The van der Waals surface area contributed by atoms with Gasteiger partial charge in [0.2, 0.25) is 11.8 Å². The summed E-state index contributed by atoms with van der Waals surface area (Å²) >= 11 is 0. The number of amides is 2. The Kier molecular flexibility index (Phi) is 9.59. The first-order chi connectivity index (χ1) is 14.7. The Bertz CT molecular complexity index is 696. The van der Waals surface area contributed by atoms with Crippen LogP contribution in [0.15, 0.2) is 24.3 Å². The molecule has 4 unspecified atom stereocenters. The zero-order valence-corrected chi connectivity index (χ0v) is 18.9. The highest BCUT2D eigenvalue weighted by molar-refractivity contribution is 5.84. The first kappa shape index (κ1) is 24.2. The Hall–Kier alpha value is -2.12. The average molecular weight is 418 g/mol. The van der Waals surface area contributed by atoms with Crippen LogP contribution in [0.3, 0.4) is 0 Å². The minimum absolute atomic E-state index is 0.0714. The fraction of sp³-hybridized carbons (Fsp3) is 0.652. The number of para-hydroxylation sites is 1. The van der Waals surface area contributed by atoms with E-state index in [2.05, 4.69) is 45.9 Å². The van der Waals surface area contributed by atoms with Crippen molar-refractivity contribution in [2.24, 2.45) is 11.7 Å². The summed E-state index contributed by atoms with van der Waals surface area (Å²) in [4.78, 5) is 27.1. The van der Waals surface area contributed by atoms with Crippen molar-refractivity contribution >= 4 is 17.5 Å². The number of fused-ring (bicyclic) bond motifs is 3. The predicted octanol–water partition coefficient (Wildman–Crippen LogP) is 1.90. The summed E-state index contributed by atoms with van der Waals surface area (Å²) in [6, 6.07) is 8.62. The van der Waals surface area contributed by atoms with Gasteiger partial charge in [0.05, 0.1) is 12.0 Å². The van der Waals surface area contributed by atoms with Gasteiger partial charge in [0.25, 0.3) is 0 Å². The van der Waals surface area contributed by atoms with Crippen LogP contribution in [-0.2, 0) is 9.59 Å². The van der Waals surface area contributed by atoms with Crippen LogP contribution in [0, 0.1) is 5.92 Å². The molecule has 0 aliphatic carbocycles. The van der Waals surface area contributed by atoms with Crippen molar-refractivity contribution in [2.45, 2.75) is 58.0 Å². The maximum atomic E-state index is 13.1. The second-order valence-corrected chi connectivity index (χ2v) is 7.66. The van der Waals surface area contributed by atoms with Crippen molar-refractivity contribution in [2.75, 3.05) is 38.5 Å². The summed E-state index contributed by atoms with van der Waals surface area (Å²) in [6.45, 7) is 8.67. The standard InChI is InChI=1S/C20H28N4O2.C2H6.CH5N/c1-2-21-19(25)13-6-5-9-24(12-13)20(26)17-10-15-14-7-3-4-8-16(14)23-18(15)11-22-17;2*1-2/h3-4,7-8,13,15,17-18,22-23H,2,5-6,9-12H2,1H3,(H,21,25);1-2H3;2H2,1H3. The van der Waals surface area contributed by atoms with E-state index in [0.717, 1.165) is 32.4 Å². The Balaban J connectivity index is 0.000000757. The van der Waals surface area contributed by atoms with Gasteiger partial charge < -0.3 is 26.6 Å². The van der Waals surface area contributed by atoms with E-state index >= 15 is 0 Å². The van der Waals surface area contributed by atoms with Crippen molar-refractivity contribution in [1.29, 1.82) is 0 Å². The van der Waals surface area contributed by atoms with E-state index < -0.39 is 0 Å². The highest BCUT2D eigenvalue weighted by Gasteiger charge is 2.41. The Morgan fingerprint density at radius 1 is 1.23 bits per heavy atom. The third kappa shape index (κ3) is 5.32. The van der Waals surface area contributed by atoms with Gasteiger partial charge >= 0.3 is 0 Å². The second-order valence-electron chi connectivity index (χ2n) is 7.66. The van der Waals surface area contributed by atoms with E-state index in [4.69, 9.17) is 0 Å². The van der Waals surface area contributed by atoms with Crippen LogP contribution in [0.25, 0.3) is 0 Å². The van der Waals surface area contributed by atoms with Gasteiger partial charge in [0, 0.05) is 43.8 Å². The average Bonchev–Trinajstić information content (AvgIpc) is 3.19. The molecule has 2 saturated heterocycles. The molecule has 1 aromatic rings. The first-order valence-corrected chi connectivity index (χ1v) is 11.4. The zero-order valence-electron chi connectivity index (χ0n) is 18.9. The quantitative estimate of drug-likeness (QED) is 0.602. The summed E-state index contributed by atoms with van der Waals surface area (Å²) in [6.07, 6.45) is 2.59. The highest BCUT2D eigenvalue weighted by atomic mass is 16.2. The number of carbonyl (C=O) groups excluding carboxylic acids is 2. The van der Waals surface area contributed by atoms with Crippen LogP contribution >= 0.6 is 0 Å². The lowest BCUT2D eigenvalue weighted by Gasteiger charge is -2.38. The topological polar surface area (TPSA) is 99.5 Å². The molecule has 0 aromatic heterocycles. The molecule has 4 atom stereocenters. The van der Waals surface area contributed by atoms with Crippen LogP contribution < -0.4 is 21.7 Å². The van der Waals surface area contributed by atoms with Gasteiger partial charge in [-0.05, 0) is 44.9 Å². The van der Waals surface area contributed by atoms with Crippen LogP contribution in [-0.4, -0.2) is 62.0 Å². The number of nitrogens with zero attached hydrogens (tertiary/aromatic N) is 1. The number of likely N-dealkylation sites (tertiary alicyclic amines) is 1. The maximum absolute atomic E-state index is 13.1. The molecule has 7 heteroatoms. The molecule has 0 bridgehead atoms. The smallest absolute Gasteiger partial charge is 0.239 e. The number of nitrogens with one attached hydrogen (secondary N) is 3. The van der Waals surface area contributed by atoms with Crippen LogP contribution in [0.1, 0.15) is 51.5 Å². The summed E-state index contributed by atoms with van der Waals surface area (Å²) in [5.41, 5.74) is 7.03. The number of piperidine rings is 2. The molecule has 7 nitrogen and oxygen atoms in total. The monoisotopic (exact) mass is 417 g/mol. The van der Waals surface area contributed by atoms with Gasteiger partial charge in [0.1, 0.15) is 0 Å². The number of nitrogens with two attached hydrogens (primary N) is 1. The van der Waals surface area contributed by atoms with Crippen molar-refractivity contribution < 1.29 is 9.59 Å². The molecule has 0 saturated carbocycles. The molecule has 0 radical (unpaired) electrons. The number of rotatable bonds is 3. The number of benzene rings is 1. The molecule has 4 rings (SSSR count). The predicted molar refractivity (Wildman–Crippen MR) is 122 cm³/mol. The number of anilines is 1. The number of carbonyl (C=O) groups is 2. The minimum Gasteiger partial charge on any atom is -0.380 e. The zero-order chi connectivity index (χ0) is 22.1. The molecular weight excluding hydrogens is 378 g/mol. The fourth-order valence-corrected chi connectivity index (χ4v) is 4.68. The van der Waals surface area contributed by atoms with E-state index in [0.29, 0.717) is 25.0 Å². The van der Waals surface area contributed by atoms with Gasteiger partial charge in [0.15, 0.2) is 0 Å². The van der Waals surface area contributed by atoms with Gasteiger partial charge in [-0.15, -0.1) is 0 Å². The maximum Gasteiger partial charge on any atom is 0.239 e. The third-order valence-electron chi connectivity index (χ3n) is 6.01. The summed E-state index contributed by atoms with van der Waals surface area (Å²) in [5, 5.41) is 9.90. The second kappa shape index (κ2) is 11.9. The lowest BCUT2D eigenvalue weighted by Crippen LogP contribution is -2.56. The molecule has 0 spiro atoms. The third-order valence-corrected chi connectivity index (χ3v) is 6.01. The first-order valence-electron chi connectivity index (χ1n) is 11.4. The normalized spacial score (nSPS) is 26.5. The largest absolute Gasteiger partial charge is 0.380 e. The molecular formula is C23H39N5O2. The molecule has 2 fully saturated rings. The summed E-state index contributed by atoms with van der Waals surface area (Å²) < 4.78 is 0. The van der Waals surface area contributed by atoms with E-state index in [9.17, 15) is 9.59 Å². The van der Waals surface area contributed by atoms with E-state index in [1.807, 2.05) is 25.7 Å². The minimum atomic E-state index is -0.155. The lowest BCUT2D eigenvalue weighted by atomic mass is 9.84. The molecule has 3 aliphatic heterocycles.